The van der Waals surface area contributed by atoms with Gasteiger partial charge in [0, 0.05) is 16.3 Å². The lowest BCUT2D eigenvalue weighted by molar-refractivity contribution is -0.115. The summed E-state index contributed by atoms with van der Waals surface area (Å²) in [6, 6.07) is 14.2. The highest BCUT2D eigenvalue weighted by atomic mass is 35.5. The molecular weight excluding hydrogens is 396 g/mol. The van der Waals surface area contributed by atoms with Gasteiger partial charge < -0.3 is 5.32 Å². The van der Waals surface area contributed by atoms with Gasteiger partial charge in [0.25, 0.3) is 0 Å². The second-order valence-corrected chi connectivity index (χ2v) is 7.97. The first-order valence-corrected chi connectivity index (χ1v) is 9.87. The molecule has 0 radical (unpaired) electrons. The number of hydrogen-bond donors (Lipinski definition) is 1. The molecule has 0 aliphatic rings. The Morgan fingerprint density at radius 3 is 2.50 bits per heavy atom. The average Bonchev–Trinajstić information content (AvgIpc) is 3.02. The number of thioether (sulfide) groups is 1. The third-order valence-corrected chi connectivity index (χ3v) is 5.35. The van der Waals surface area contributed by atoms with E-state index in [0.29, 0.717) is 27.3 Å². The van der Waals surface area contributed by atoms with E-state index in [-0.39, 0.29) is 11.7 Å². The fourth-order valence-electron chi connectivity index (χ4n) is 2.58. The molecule has 1 aromatic heterocycles. The molecule has 1 heterocycles. The Bertz CT molecular complexity index is 1020. The van der Waals surface area contributed by atoms with Crippen molar-refractivity contribution in [2.24, 2.45) is 0 Å². The number of hydrogen-bond acceptors (Lipinski definition) is 5. The van der Waals surface area contributed by atoms with Crippen molar-refractivity contribution in [3.63, 3.8) is 0 Å². The van der Waals surface area contributed by atoms with Gasteiger partial charge in [-0.15, -0.1) is 10.2 Å². The summed E-state index contributed by atoms with van der Waals surface area (Å²) in [6.07, 6.45) is 0. The number of aryl methyl sites for hydroxylation is 1. The number of benzene rings is 2. The van der Waals surface area contributed by atoms with E-state index in [1.54, 1.807) is 37.3 Å². The standard InChI is InChI=1S/C20H19ClN4O2S/c1-12(26)15-7-9-17(10-8-15)22-19(27)13(2)28-20-24-23-14(3)25(20)18-6-4-5-16(21)11-18/h4-11,13H,1-3H3,(H,22,27). The molecule has 1 amide bonds. The minimum atomic E-state index is -0.408. The predicted molar refractivity (Wildman–Crippen MR) is 112 cm³/mol. The summed E-state index contributed by atoms with van der Waals surface area (Å²) in [5, 5.41) is 12.0. The van der Waals surface area contributed by atoms with Crippen LogP contribution in [0.1, 0.15) is 30.0 Å². The summed E-state index contributed by atoms with van der Waals surface area (Å²) in [5.41, 5.74) is 2.07. The minimum absolute atomic E-state index is 0.0162. The molecular formula is C20H19ClN4O2S. The Balaban J connectivity index is 1.73. The topological polar surface area (TPSA) is 76.9 Å². The van der Waals surface area contributed by atoms with Gasteiger partial charge in [0.1, 0.15) is 5.82 Å². The third-order valence-electron chi connectivity index (χ3n) is 4.07. The largest absolute Gasteiger partial charge is 0.325 e. The predicted octanol–water partition coefficient (Wildman–Crippen LogP) is 4.55. The van der Waals surface area contributed by atoms with E-state index in [1.807, 2.05) is 29.7 Å². The van der Waals surface area contributed by atoms with Crippen molar-refractivity contribution in [1.82, 2.24) is 14.8 Å². The maximum Gasteiger partial charge on any atom is 0.237 e. The normalized spacial score (nSPS) is 11.9. The number of ketones is 1. The number of carbonyl (C=O) groups excluding carboxylic acids is 2. The Labute approximate surface area is 172 Å². The summed E-state index contributed by atoms with van der Waals surface area (Å²) in [6.45, 7) is 5.15. The van der Waals surface area contributed by atoms with E-state index < -0.39 is 5.25 Å². The molecule has 2 aromatic carbocycles. The van der Waals surface area contributed by atoms with Gasteiger partial charge in [0.05, 0.1) is 10.9 Å². The first kappa shape index (κ1) is 20.1. The highest BCUT2D eigenvalue weighted by molar-refractivity contribution is 8.00. The van der Waals surface area contributed by atoms with Crippen LogP contribution in [-0.2, 0) is 4.79 Å². The van der Waals surface area contributed by atoms with Gasteiger partial charge in [-0.3, -0.25) is 14.2 Å². The summed E-state index contributed by atoms with van der Waals surface area (Å²) in [7, 11) is 0. The van der Waals surface area contributed by atoms with E-state index in [2.05, 4.69) is 15.5 Å². The smallest absolute Gasteiger partial charge is 0.237 e. The molecule has 8 heteroatoms. The van der Waals surface area contributed by atoms with Crippen LogP contribution in [0.5, 0.6) is 0 Å². The molecule has 6 nitrogen and oxygen atoms in total. The van der Waals surface area contributed by atoms with Crippen molar-refractivity contribution in [3.05, 3.63) is 64.9 Å². The molecule has 0 aliphatic heterocycles. The van der Waals surface area contributed by atoms with Gasteiger partial charge in [-0.1, -0.05) is 29.4 Å². The summed E-state index contributed by atoms with van der Waals surface area (Å²) < 4.78 is 1.86. The van der Waals surface area contributed by atoms with Crippen molar-refractivity contribution in [1.29, 1.82) is 0 Å². The van der Waals surface area contributed by atoms with Gasteiger partial charge in [-0.05, 0) is 63.2 Å². The number of nitrogens with zero attached hydrogens (tertiary/aromatic N) is 3. The van der Waals surface area contributed by atoms with E-state index in [0.717, 1.165) is 5.69 Å². The van der Waals surface area contributed by atoms with E-state index >= 15 is 0 Å². The van der Waals surface area contributed by atoms with Crippen LogP contribution in [-0.4, -0.2) is 31.7 Å². The molecule has 0 aliphatic carbocycles. The molecule has 28 heavy (non-hydrogen) atoms. The van der Waals surface area contributed by atoms with Gasteiger partial charge in [0.15, 0.2) is 10.9 Å². The van der Waals surface area contributed by atoms with E-state index in [9.17, 15) is 9.59 Å². The van der Waals surface area contributed by atoms with Gasteiger partial charge in [-0.25, -0.2) is 0 Å². The van der Waals surface area contributed by atoms with Crippen LogP contribution in [0.25, 0.3) is 5.69 Å². The minimum Gasteiger partial charge on any atom is -0.325 e. The average molecular weight is 415 g/mol. The van der Waals surface area contributed by atoms with Crippen molar-refractivity contribution in [3.8, 4) is 5.69 Å². The maximum atomic E-state index is 12.6. The molecule has 144 valence electrons. The number of amides is 1. The fourth-order valence-corrected chi connectivity index (χ4v) is 3.67. The SMILES string of the molecule is CC(=O)c1ccc(NC(=O)C(C)Sc2nnc(C)n2-c2cccc(Cl)c2)cc1. The summed E-state index contributed by atoms with van der Waals surface area (Å²) in [5.74, 6) is 0.522. The maximum absolute atomic E-state index is 12.6. The van der Waals surface area contributed by atoms with Gasteiger partial charge >= 0.3 is 0 Å². The number of halogens is 1. The Hall–Kier alpha value is -2.64. The molecule has 0 fully saturated rings. The van der Waals surface area contributed by atoms with E-state index in [4.69, 9.17) is 11.6 Å². The Kier molecular flexibility index (Phi) is 6.16. The van der Waals surface area contributed by atoms with Gasteiger partial charge in [0.2, 0.25) is 5.91 Å². The molecule has 1 unspecified atom stereocenters. The number of Topliss-reactive ketones (excluding diaryl/α,β-unsaturated/α-hetero) is 1. The van der Waals surface area contributed by atoms with Crippen LogP contribution in [0.2, 0.25) is 5.02 Å². The molecule has 0 bridgehead atoms. The molecule has 0 saturated heterocycles. The number of carbonyl (C=O) groups is 2. The summed E-state index contributed by atoms with van der Waals surface area (Å²) in [4.78, 5) is 23.9. The monoisotopic (exact) mass is 414 g/mol. The van der Waals surface area contributed by atoms with Crippen molar-refractivity contribution in [2.45, 2.75) is 31.2 Å². The van der Waals surface area contributed by atoms with Crippen molar-refractivity contribution < 1.29 is 9.59 Å². The zero-order valence-electron chi connectivity index (χ0n) is 15.6. The zero-order valence-corrected chi connectivity index (χ0v) is 17.2. The summed E-state index contributed by atoms with van der Waals surface area (Å²) >= 11 is 7.40. The fraction of sp³-hybridized carbons (Fsp3) is 0.200. The Morgan fingerprint density at radius 1 is 1.14 bits per heavy atom. The quantitative estimate of drug-likeness (QED) is 0.473. The van der Waals surface area contributed by atoms with Crippen molar-refractivity contribution in [2.75, 3.05) is 5.32 Å². The van der Waals surface area contributed by atoms with Crippen LogP contribution in [0, 0.1) is 6.92 Å². The van der Waals surface area contributed by atoms with Crippen LogP contribution in [0.15, 0.2) is 53.7 Å². The Morgan fingerprint density at radius 2 is 1.86 bits per heavy atom. The molecule has 0 spiro atoms. The lowest BCUT2D eigenvalue weighted by Gasteiger charge is -2.13. The molecule has 3 rings (SSSR count). The lowest BCUT2D eigenvalue weighted by atomic mass is 10.1. The molecule has 1 atom stereocenters. The second kappa shape index (κ2) is 8.58. The highest BCUT2D eigenvalue weighted by Crippen LogP contribution is 2.27. The van der Waals surface area contributed by atoms with E-state index in [1.165, 1.54) is 18.7 Å². The van der Waals surface area contributed by atoms with Crippen LogP contribution in [0.3, 0.4) is 0 Å². The zero-order chi connectivity index (χ0) is 20.3. The van der Waals surface area contributed by atoms with Crippen LogP contribution >= 0.6 is 23.4 Å². The molecule has 1 N–H and O–H groups in total. The number of anilines is 1. The van der Waals surface area contributed by atoms with Crippen LogP contribution in [0.4, 0.5) is 5.69 Å². The highest BCUT2D eigenvalue weighted by Gasteiger charge is 2.20. The third kappa shape index (κ3) is 4.61. The van der Waals surface area contributed by atoms with Crippen molar-refractivity contribution >= 4 is 40.7 Å². The van der Waals surface area contributed by atoms with Gasteiger partial charge in [-0.2, -0.15) is 0 Å². The number of aromatic nitrogens is 3. The lowest BCUT2D eigenvalue weighted by Crippen LogP contribution is -2.23. The first-order chi connectivity index (χ1) is 13.3. The number of rotatable bonds is 6. The number of nitrogens with one attached hydrogen (secondary N) is 1. The first-order valence-electron chi connectivity index (χ1n) is 8.61. The second-order valence-electron chi connectivity index (χ2n) is 6.23. The molecule has 0 saturated carbocycles. The molecule has 3 aromatic rings. The van der Waals surface area contributed by atoms with Crippen LogP contribution < -0.4 is 5.32 Å².